The van der Waals surface area contributed by atoms with E-state index in [1.807, 2.05) is 0 Å². The van der Waals surface area contributed by atoms with Crippen molar-refractivity contribution in [3.63, 3.8) is 0 Å². The minimum atomic E-state index is -4.60. The van der Waals surface area contributed by atoms with Gasteiger partial charge >= 0.3 is 17.6 Å². The molecule has 0 amide bonds. The average molecular weight is 538 g/mol. The van der Waals surface area contributed by atoms with Gasteiger partial charge in [-0.15, -0.1) is 5.10 Å². The zero-order chi connectivity index (χ0) is 26.6. The molecule has 0 aliphatic rings. The van der Waals surface area contributed by atoms with Crippen molar-refractivity contribution in [2.75, 3.05) is 0 Å². The molecule has 0 atom stereocenters. The number of fused-ring (bicyclic) bond motifs is 3. The second-order valence-corrected chi connectivity index (χ2v) is 8.67. The second-order valence-electron chi connectivity index (χ2n) is 8.24. The summed E-state index contributed by atoms with van der Waals surface area (Å²) >= 11 is 6.09. The Labute approximate surface area is 214 Å². The van der Waals surface area contributed by atoms with Crippen LogP contribution in [-0.2, 0) is 12.7 Å². The van der Waals surface area contributed by atoms with Crippen LogP contribution in [-0.4, -0.2) is 34.3 Å². The zero-order valence-corrected chi connectivity index (χ0v) is 19.7. The number of halogens is 4. The first-order chi connectivity index (χ1) is 18.2. The van der Waals surface area contributed by atoms with Gasteiger partial charge in [-0.25, -0.2) is 4.79 Å². The van der Waals surface area contributed by atoms with Crippen molar-refractivity contribution in [3.05, 3.63) is 104 Å². The van der Waals surface area contributed by atoms with E-state index < -0.39 is 23.2 Å². The molecular weight excluding hydrogens is 525 g/mol. The fraction of sp³-hybridized carbons (Fsp3) is 0.0833. The van der Waals surface area contributed by atoms with Crippen LogP contribution in [0.25, 0.3) is 33.5 Å². The number of pyridine rings is 2. The third-order valence-electron chi connectivity index (χ3n) is 5.88. The molecule has 0 unspecified atom stereocenters. The molecule has 38 heavy (non-hydrogen) atoms. The fourth-order valence-corrected chi connectivity index (χ4v) is 4.33. The van der Waals surface area contributed by atoms with E-state index in [0.717, 1.165) is 26.0 Å². The molecule has 0 aliphatic heterocycles. The molecular formula is C24H13ClF3N8O2+. The van der Waals surface area contributed by atoms with Gasteiger partial charge in [0.2, 0.25) is 5.65 Å². The van der Waals surface area contributed by atoms with Crippen LogP contribution in [0.1, 0.15) is 11.3 Å². The first kappa shape index (κ1) is 23.6. The summed E-state index contributed by atoms with van der Waals surface area (Å²) in [5.41, 5.74) is 0.132. The first-order valence-corrected chi connectivity index (χ1v) is 11.4. The molecule has 1 aromatic carbocycles. The van der Waals surface area contributed by atoms with Gasteiger partial charge in [0.1, 0.15) is 12.2 Å². The summed E-state index contributed by atoms with van der Waals surface area (Å²) in [4.78, 5) is 33.8. The highest BCUT2D eigenvalue weighted by Crippen LogP contribution is 2.36. The molecule has 10 nitrogen and oxygen atoms in total. The molecule has 0 N–H and O–H groups in total. The summed E-state index contributed by atoms with van der Waals surface area (Å²) in [6, 6.07) is 12.3. The number of benzene rings is 1. The van der Waals surface area contributed by atoms with Crippen LogP contribution in [0, 0.1) is 0 Å². The number of nitrogens with zero attached hydrogens (tertiary/aromatic N) is 8. The molecule has 0 fully saturated rings. The summed E-state index contributed by atoms with van der Waals surface area (Å²) < 4.78 is 41.9. The van der Waals surface area contributed by atoms with Crippen molar-refractivity contribution in [2.45, 2.75) is 12.7 Å². The van der Waals surface area contributed by atoms with E-state index in [1.54, 1.807) is 48.8 Å². The van der Waals surface area contributed by atoms with Crippen molar-refractivity contribution < 1.29 is 17.9 Å². The lowest BCUT2D eigenvalue weighted by Crippen LogP contribution is -2.52. The second kappa shape index (κ2) is 8.66. The van der Waals surface area contributed by atoms with Crippen LogP contribution < -0.4 is 16.1 Å². The van der Waals surface area contributed by atoms with Crippen molar-refractivity contribution in [2.24, 2.45) is 0 Å². The molecule has 0 radical (unpaired) electrons. The molecule has 6 rings (SSSR count). The first-order valence-electron chi connectivity index (χ1n) is 11.0. The Morgan fingerprint density at radius 2 is 1.53 bits per heavy atom. The SMILES string of the molecule is O=c1nnc2c(-c3ccc(Cl)cc3)c(-c3ccncc3)c3n[n+](Cc4ccc(C(F)(F)F)nc4)c(=O)n3n12. The quantitative estimate of drug-likeness (QED) is 0.318. The monoisotopic (exact) mass is 537 g/mol. The number of hydrogen-bond donors (Lipinski definition) is 0. The van der Waals surface area contributed by atoms with Crippen molar-refractivity contribution in [1.29, 1.82) is 0 Å². The van der Waals surface area contributed by atoms with Crippen molar-refractivity contribution >= 4 is 22.9 Å². The highest BCUT2D eigenvalue weighted by molar-refractivity contribution is 6.30. The van der Waals surface area contributed by atoms with Crippen LogP contribution in [0.2, 0.25) is 5.02 Å². The average Bonchev–Trinajstić information content (AvgIpc) is 3.43. The maximum atomic E-state index is 13.5. The Hall–Kier alpha value is -4.78. The molecule has 188 valence electrons. The summed E-state index contributed by atoms with van der Waals surface area (Å²) in [6.45, 7) is -0.199. The van der Waals surface area contributed by atoms with E-state index in [9.17, 15) is 22.8 Å². The highest BCUT2D eigenvalue weighted by Gasteiger charge is 2.33. The molecule has 0 saturated carbocycles. The predicted octanol–water partition coefficient (Wildman–Crippen LogP) is 2.67. The summed E-state index contributed by atoms with van der Waals surface area (Å²) in [5, 5.41) is 12.7. The maximum absolute atomic E-state index is 13.5. The van der Waals surface area contributed by atoms with Crippen molar-refractivity contribution in [1.82, 2.24) is 34.3 Å². The third kappa shape index (κ3) is 3.84. The van der Waals surface area contributed by atoms with Gasteiger partial charge in [-0.3, -0.25) is 9.97 Å². The Morgan fingerprint density at radius 1 is 0.842 bits per heavy atom. The number of alkyl halides is 3. The van der Waals surface area contributed by atoms with Crippen LogP contribution in [0.5, 0.6) is 0 Å². The van der Waals surface area contributed by atoms with E-state index in [-0.39, 0.29) is 17.8 Å². The Balaban J connectivity index is 1.65. The number of hydrogen-bond acceptors (Lipinski definition) is 7. The minimum Gasteiger partial charge on any atom is -0.265 e. The Bertz CT molecular complexity index is 1920. The lowest BCUT2D eigenvalue weighted by molar-refractivity contribution is -0.755. The lowest BCUT2D eigenvalue weighted by atomic mass is 9.97. The summed E-state index contributed by atoms with van der Waals surface area (Å²) in [7, 11) is 0. The standard InChI is InChI=1S/C24H13ClF3N8O2/c25-16-4-2-14(3-5-16)18-19(15-7-9-29-10-8-15)21-33-34(12-13-1-6-17(30-11-13)24(26,27)28)23(38)36(21)35-20(18)31-32-22(35)37/h1-11H,12H2/q+1. The smallest absolute Gasteiger partial charge is 0.265 e. The van der Waals surface area contributed by atoms with E-state index in [4.69, 9.17) is 11.6 Å². The van der Waals surface area contributed by atoms with Gasteiger partial charge in [-0.1, -0.05) is 44.1 Å². The lowest BCUT2D eigenvalue weighted by Gasteiger charge is -2.10. The van der Waals surface area contributed by atoms with Crippen LogP contribution in [0.15, 0.2) is 76.7 Å². The van der Waals surface area contributed by atoms with Gasteiger partial charge < -0.3 is 0 Å². The van der Waals surface area contributed by atoms with Crippen LogP contribution in [0.3, 0.4) is 0 Å². The third-order valence-corrected chi connectivity index (χ3v) is 6.13. The van der Waals surface area contributed by atoms with E-state index in [1.165, 1.54) is 6.07 Å². The van der Waals surface area contributed by atoms with Crippen molar-refractivity contribution in [3.8, 4) is 22.3 Å². The molecule has 5 heterocycles. The molecule has 14 heteroatoms. The summed E-state index contributed by atoms with van der Waals surface area (Å²) in [5.74, 6) is 0. The highest BCUT2D eigenvalue weighted by atomic mass is 35.5. The summed E-state index contributed by atoms with van der Waals surface area (Å²) in [6.07, 6.45) is -0.447. The van der Waals surface area contributed by atoms with E-state index >= 15 is 0 Å². The van der Waals surface area contributed by atoms with Gasteiger partial charge in [-0.05, 0) is 51.1 Å². The normalized spacial score (nSPS) is 12.0. The van der Waals surface area contributed by atoms with Gasteiger partial charge in [0, 0.05) is 34.7 Å². The van der Waals surface area contributed by atoms with E-state index in [2.05, 4.69) is 25.3 Å². The predicted molar refractivity (Wildman–Crippen MR) is 128 cm³/mol. The van der Waals surface area contributed by atoms with Gasteiger partial charge in [0.15, 0.2) is 0 Å². The molecule has 6 aromatic rings. The molecule has 0 spiro atoms. The van der Waals surface area contributed by atoms with Crippen LogP contribution >= 0.6 is 11.6 Å². The number of rotatable bonds is 4. The minimum absolute atomic E-state index is 0.106. The fourth-order valence-electron chi connectivity index (χ4n) is 4.20. The van der Waals surface area contributed by atoms with Crippen LogP contribution in [0.4, 0.5) is 13.2 Å². The maximum Gasteiger partial charge on any atom is 0.545 e. The molecule has 0 aliphatic carbocycles. The zero-order valence-electron chi connectivity index (χ0n) is 19.0. The molecule has 0 bridgehead atoms. The molecule has 5 aromatic heterocycles. The number of aromatic nitrogens is 8. The van der Waals surface area contributed by atoms with Gasteiger partial charge in [0.25, 0.3) is 5.65 Å². The Kier molecular flexibility index (Phi) is 5.38. The van der Waals surface area contributed by atoms with E-state index in [0.29, 0.717) is 32.8 Å². The Morgan fingerprint density at radius 3 is 2.18 bits per heavy atom. The van der Waals surface area contributed by atoms with Gasteiger partial charge in [-0.2, -0.15) is 18.0 Å². The largest absolute Gasteiger partial charge is 0.545 e. The topological polar surface area (TPSA) is 111 Å². The van der Waals surface area contributed by atoms with Gasteiger partial charge in [0.05, 0.1) is 5.56 Å². The molecule has 0 saturated heterocycles.